The summed E-state index contributed by atoms with van der Waals surface area (Å²) in [6.45, 7) is -0.230. The summed E-state index contributed by atoms with van der Waals surface area (Å²) < 4.78 is 0. The molecule has 0 spiro atoms. The Morgan fingerprint density at radius 3 is 2.65 bits per heavy atom. The molecule has 20 heavy (non-hydrogen) atoms. The predicted octanol–water partition coefficient (Wildman–Crippen LogP) is 0.190. The Morgan fingerprint density at radius 2 is 2.05 bits per heavy atom. The molecule has 0 atom stereocenters. The molecule has 0 aromatic heterocycles. The summed E-state index contributed by atoms with van der Waals surface area (Å²) in [5.41, 5.74) is 6.68. The van der Waals surface area contributed by atoms with E-state index in [0.29, 0.717) is 11.4 Å². The lowest BCUT2D eigenvalue weighted by atomic mass is 10.2. The molecule has 0 aliphatic carbocycles. The molecule has 1 amide bonds. The second-order valence-electron chi connectivity index (χ2n) is 4.07. The third-order valence-electron chi connectivity index (χ3n) is 2.50. The number of nitrogens with zero attached hydrogens (tertiary/aromatic N) is 2. The van der Waals surface area contributed by atoms with Gasteiger partial charge in [-0.3, -0.25) is 9.59 Å². The van der Waals surface area contributed by atoms with Crippen molar-refractivity contribution in [2.24, 2.45) is 0 Å². The van der Waals surface area contributed by atoms with Gasteiger partial charge in [-0.25, -0.2) is 0 Å². The van der Waals surface area contributed by atoms with Crippen LogP contribution in [0.25, 0.3) is 0 Å². The first-order valence-corrected chi connectivity index (χ1v) is 5.99. The van der Waals surface area contributed by atoms with E-state index < -0.39 is 5.97 Å². The van der Waals surface area contributed by atoms with E-state index in [-0.39, 0.29) is 32.0 Å². The number of anilines is 2. The number of carbonyl (C=O) groups excluding carboxylic acids is 1. The van der Waals surface area contributed by atoms with Crippen LogP contribution in [0.1, 0.15) is 6.42 Å². The second kappa shape index (κ2) is 7.63. The molecule has 0 saturated heterocycles. The zero-order valence-corrected chi connectivity index (χ0v) is 10.9. The number of benzene rings is 1. The number of carbonyl (C=O) groups is 2. The lowest BCUT2D eigenvalue weighted by molar-refractivity contribution is -0.135. The minimum Gasteiger partial charge on any atom is -0.480 e. The summed E-state index contributed by atoms with van der Waals surface area (Å²) in [6.07, 6.45) is 0.206. The number of nitriles is 1. The smallest absolute Gasteiger partial charge is 0.323 e. The van der Waals surface area contributed by atoms with E-state index in [4.69, 9.17) is 16.1 Å². The molecule has 0 unspecified atom stereocenters. The number of carboxylic acids is 1. The summed E-state index contributed by atoms with van der Waals surface area (Å²) in [5.74, 6) is -1.41. The second-order valence-corrected chi connectivity index (χ2v) is 4.07. The van der Waals surface area contributed by atoms with Gasteiger partial charge in [-0.15, -0.1) is 0 Å². The van der Waals surface area contributed by atoms with Gasteiger partial charge in [0.2, 0.25) is 5.91 Å². The van der Waals surface area contributed by atoms with Gasteiger partial charge in [0.25, 0.3) is 0 Å². The average Bonchev–Trinajstić information content (AvgIpc) is 2.38. The van der Waals surface area contributed by atoms with Crippen molar-refractivity contribution >= 4 is 23.3 Å². The van der Waals surface area contributed by atoms with Crippen molar-refractivity contribution in [3.63, 3.8) is 0 Å². The van der Waals surface area contributed by atoms with Gasteiger partial charge in [0.1, 0.15) is 6.54 Å². The molecule has 7 heteroatoms. The van der Waals surface area contributed by atoms with Crippen LogP contribution in [0.2, 0.25) is 0 Å². The Kier molecular flexibility index (Phi) is 5.84. The van der Waals surface area contributed by atoms with Crippen LogP contribution in [0.3, 0.4) is 0 Å². The van der Waals surface area contributed by atoms with Gasteiger partial charge in [-0.2, -0.15) is 5.26 Å². The lowest BCUT2D eigenvalue weighted by Crippen LogP contribution is -2.40. The number of carboxylic acid groups (broad SMARTS) is 1. The first-order valence-electron chi connectivity index (χ1n) is 5.99. The number of nitrogens with one attached hydrogen (secondary N) is 1. The predicted molar refractivity (Wildman–Crippen MR) is 73.9 cm³/mol. The molecule has 0 saturated carbocycles. The van der Waals surface area contributed by atoms with Crippen LogP contribution in [0.5, 0.6) is 0 Å². The van der Waals surface area contributed by atoms with Crippen LogP contribution >= 0.6 is 0 Å². The lowest BCUT2D eigenvalue weighted by Gasteiger charge is -2.23. The van der Waals surface area contributed by atoms with Crippen LogP contribution < -0.4 is 16.0 Å². The van der Waals surface area contributed by atoms with Crippen molar-refractivity contribution in [1.82, 2.24) is 5.32 Å². The number of hydrogen-bond donors (Lipinski definition) is 3. The summed E-state index contributed by atoms with van der Waals surface area (Å²) >= 11 is 0. The summed E-state index contributed by atoms with van der Waals surface area (Å²) in [4.78, 5) is 24.0. The first kappa shape index (κ1) is 15.3. The third kappa shape index (κ3) is 4.86. The minimum atomic E-state index is -1.06. The number of para-hydroxylation sites is 2. The fourth-order valence-electron chi connectivity index (χ4n) is 1.65. The van der Waals surface area contributed by atoms with E-state index >= 15 is 0 Å². The van der Waals surface area contributed by atoms with Gasteiger partial charge in [-0.05, 0) is 12.1 Å². The van der Waals surface area contributed by atoms with Crippen LogP contribution in [0.4, 0.5) is 11.4 Å². The molecule has 1 rings (SSSR count). The minimum absolute atomic E-state index is 0.133. The Bertz CT molecular complexity index is 525. The third-order valence-corrected chi connectivity index (χ3v) is 2.50. The number of nitrogens with two attached hydrogens (primary N) is 1. The van der Waals surface area contributed by atoms with Gasteiger partial charge in [-0.1, -0.05) is 12.1 Å². The molecular weight excluding hydrogens is 260 g/mol. The number of amides is 1. The van der Waals surface area contributed by atoms with Crippen molar-refractivity contribution in [2.75, 3.05) is 30.3 Å². The van der Waals surface area contributed by atoms with Crippen molar-refractivity contribution in [3.8, 4) is 6.07 Å². The molecule has 1 aromatic rings. The van der Waals surface area contributed by atoms with Gasteiger partial charge in [0.05, 0.1) is 30.4 Å². The van der Waals surface area contributed by atoms with Gasteiger partial charge < -0.3 is 21.1 Å². The molecule has 0 aliphatic rings. The van der Waals surface area contributed by atoms with Gasteiger partial charge in [0.15, 0.2) is 0 Å². The zero-order valence-electron chi connectivity index (χ0n) is 10.9. The van der Waals surface area contributed by atoms with E-state index in [9.17, 15) is 9.59 Å². The topological polar surface area (TPSA) is 119 Å². The molecular formula is C13H16N4O3. The largest absolute Gasteiger partial charge is 0.480 e. The van der Waals surface area contributed by atoms with Crippen molar-refractivity contribution < 1.29 is 14.7 Å². The van der Waals surface area contributed by atoms with Crippen LogP contribution in [-0.2, 0) is 9.59 Å². The normalized spacial score (nSPS) is 9.55. The molecule has 0 aliphatic heterocycles. The van der Waals surface area contributed by atoms with Crippen LogP contribution in [0.15, 0.2) is 24.3 Å². The highest BCUT2D eigenvalue weighted by Gasteiger charge is 2.16. The number of hydrogen-bond acceptors (Lipinski definition) is 5. The molecule has 4 N–H and O–H groups in total. The quantitative estimate of drug-likeness (QED) is 0.483. The Morgan fingerprint density at radius 1 is 1.35 bits per heavy atom. The molecule has 1 aromatic carbocycles. The van der Waals surface area contributed by atoms with E-state index in [2.05, 4.69) is 5.32 Å². The van der Waals surface area contributed by atoms with Gasteiger partial charge >= 0.3 is 5.97 Å². The molecule has 0 fully saturated rings. The SMILES string of the molecule is N#CCCNC(=O)CN(CC(=O)O)c1ccccc1N. The van der Waals surface area contributed by atoms with E-state index in [1.165, 1.54) is 4.90 Å². The molecule has 0 heterocycles. The van der Waals surface area contributed by atoms with Crippen molar-refractivity contribution in [2.45, 2.75) is 6.42 Å². The van der Waals surface area contributed by atoms with E-state index in [1.54, 1.807) is 24.3 Å². The maximum Gasteiger partial charge on any atom is 0.323 e. The Hall–Kier alpha value is -2.75. The molecule has 0 bridgehead atoms. The summed E-state index contributed by atoms with van der Waals surface area (Å²) in [7, 11) is 0. The fourth-order valence-corrected chi connectivity index (χ4v) is 1.65. The van der Waals surface area contributed by atoms with E-state index in [0.717, 1.165) is 0 Å². The average molecular weight is 276 g/mol. The van der Waals surface area contributed by atoms with Gasteiger partial charge in [0, 0.05) is 6.54 Å². The van der Waals surface area contributed by atoms with Crippen LogP contribution in [0, 0.1) is 11.3 Å². The molecule has 7 nitrogen and oxygen atoms in total. The van der Waals surface area contributed by atoms with E-state index in [1.807, 2.05) is 6.07 Å². The highest BCUT2D eigenvalue weighted by atomic mass is 16.4. The van der Waals surface area contributed by atoms with Crippen molar-refractivity contribution in [1.29, 1.82) is 5.26 Å². The maximum atomic E-state index is 11.7. The Labute approximate surface area is 116 Å². The maximum absolute atomic E-state index is 11.7. The number of nitrogen functional groups attached to an aromatic ring is 1. The molecule has 106 valence electrons. The highest BCUT2D eigenvalue weighted by molar-refractivity contribution is 5.86. The summed E-state index contributed by atoms with van der Waals surface area (Å²) in [6, 6.07) is 8.64. The number of aliphatic carboxylic acids is 1. The highest BCUT2D eigenvalue weighted by Crippen LogP contribution is 2.21. The Balaban J connectivity index is 2.75. The van der Waals surface area contributed by atoms with Crippen LogP contribution in [-0.4, -0.2) is 36.6 Å². The first-order chi connectivity index (χ1) is 9.54. The molecule has 0 radical (unpaired) electrons. The fraction of sp³-hybridized carbons (Fsp3) is 0.308. The van der Waals surface area contributed by atoms with Crippen molar-refractivity contribution in [3.05, 3.63) is 24.3 Å². The number of rotatable bonds is 7. The monoisotopic (exact) mass is 276 g/mol. The standard InChI is InChI=1S/C13H16N4O3/c14-6-3-7-16-12(18)8-17(9-13(19)20)11-5-2-1-4-10(11)15/h1-2,4-5H,3,7-9,15H2,(H,16,18)(H,19,20). The zero-order chi connectivity index (χ0) is 15.0. The summed E-state index contributed by atoms with van der Waals surface area (Å²) in [5, 5.41) is 19.8.